The molecule has 10 heteroatoms. The predicted molar refractivity (Wildman–Crippen MR) is 115 cm³/mol. The number of para-hydroxylation sites is 1. The van der Waals surface area contributed by atoms with Gasteiger partial charge in [-0.15, -0.1) is 0 Å². The monoisotopic (exact) mass is 442 g/mol. The third kappa shape index (κ3) is 4.66. The standard InChI is InChI=1S/C21H22N4O5S/c26-20-11-10-19(23-25(20)17-4-2-1-3-5-17)21(27)22-16-6-8-18(9-7-16)31(28,29)24-12-14-30-15-13-24/h1-9H,10-15H2,(H,22,27). The first-order chi connectivity index (χ1) is 14.9. The van der Waals surface area contributed by atoms with Gasteiger partial charge >= 0.3 is 0 Å². The van der Waals surface area contributed by atoms with E-state index in [0.29, 0.717) is 37.7 Å². The lowest BCUT2D eigenvalue weighted by Gasteiger charge is -2.26. The van der Waals surface area contributed by atoms with E-state index < -0.39 is 15.9 Å². The number of benzene rings is 2. The fourth-order valence-corrected chi connectivity index (χ4v) is 4.75. The van der Waals surface area contributed by atoms with E-state index in [1.165, 1.54) is 33.6 Å². The van der Waals surface area contributed by atoms with E-state index in [0.717, 1.165) is 0 Å². The van der Waals surface area contributed by atoms with Crippen LogP contribution in [0.2, 0.25) is 0 Å². The first-order valence-electron chi connectivity index (χ1n) is 9.90. The minimum absolute atomic E-state index is 0.156. The van der Waals surface area contributed by atoms with Crippen molar-refractivity contribution in [1.29, 1.82) is 0 Å². The van der Waals surface area contributed by atoms with Crippen molar-refractivity contribution in [3.05, 3.63) is 54.6 Å². The predicted octanol–water partition coefficient (Wildman–Crippen LogP) is 1.83. The Morgan fingerprint density at radius 2 is 1.65 bits per heavy atom. The molecule has 1 fully saturated rings. The van der Waals surface area contributed by atoms with Gasteiger partial charge in [-0.1, -0.05) is 18.2 Å². The van der Waals surface area contributed by atoms with Crippen molar-refractivity contribution in [3.63, 3.8) is 0 Å². The van der Waals surface area contributed by atoms with E-state index in [2.05, 4.69) is 10.4 Å². The second-order valence-electron chi connectivity index (χ2n) is 7.08. The van der Waals surface area contributed by atoms with Crippen LogP contribution in [0, 0.1) is 0 Å². The summed E-state index contributed by atoms with van der Waals surface area (Å²) in [5.74, 6) is -0.613. The molecule has 2 heterocycles. The van der Waals surface area contributed by atoms with Crippen molar-refractivity contribution in [1.82, 2.24) is 4.31 Å². The molecule has 0 aliphatic carbocycles. The highest BCUT2D eigenvalue weighted by atomic mass is 32.2. The van der Waals surface area contributed by atoms with E-state index in [9.17, 15) is 18.0 Å². The fourth-order valence-electron chi connectivity index (χ4n) is 3.34. The SMILES string of the molecule is O=C(Nc1ccc(S(=O)(=O)N2CCOCC2)cc1)C1=NN(c2ccccc2)C(=O)CC1. The molecule has 2 aromatic rings. The first kappa shape index (κ1) is 21.2. The molecule has 1 saturated heterocycles. The smallest absolute Gasteiger partial charge is 0.271 e. The van der Waals surface area contributed by atoms with E-state index in [-0.39, 0.29) is 29.4 Å². The first-order valence-corrected chi connectivity index (χ1v) is 11.3. The number of anilines is 2. The summed E-state index contributed by atoms with van der Waals surface area (Å²) in [7, 11) is -3.60. The summed E-state index contributed by atoms with van der Waals surface area (Å²) in [5, 5.41) is 8.17. The third-order valence-electron chi connectivity index (χ3n) is 5.02. The molecule has 31 heavy (non-hydrogen) atoms. The molecule has 9 nitrogen and oxygen atoms in total. The normalized spacial score (nSPS) is 17.9. The summed E-state index contributed by atoms with van der Waals surface area (Å²) in [6.07, 6.45) is 0.412. The number of nitrogens with zero attached hydrogens (tertiary/aromatic N) is 3. The fraction of sp³-hybridized carbons (Fsp3) is 0.286. The van der Waals surface area contributed by atoms with E-state index in [4.69, 9.17) is 4.74 Å². The highest BCUT2D eigenvalue weighted by molar-refractivity contribution is 7.89. The number of hydrogen-bond donors (Lipinski definition) is 1. The quantitative estimate of drug-likeness (QED) is 0.760. The maximum absolute atomic E-state index is 12.7. The van der Waals surface area contributed by atoms with Crippen molar-refractivity contribution < 1.29 is 22.7 Å². The molecule has 0 radical (unpaired) electrons. The number of hydrazone groups is 1. The summed E-state index contributed by atoms with van der Waals surface area (Å²) >= 11 is 0. The largest absolute Gasteiger partial charge is 0.379 e. The van der Waals surface area contributed by atoms with Gasteiger partial charge in [-0.25, -0.2) is 13.4 Å². The Bertz CT molecular complexity index is 1090. The molecule has 4 rings (SSSR count). The Kier molecular flexibility index (Phi) is 6.12. The summed E-state index contributed by atoms with van der Waals surface area (Å²) in [6.45, 7) is 1.38. The van der Waals surface area contributed by atoms with Crippen LogP contribution >= 0.6 is 0 Å². The average molecular weight is 442 g/mol. The number of carbonyl (C=O) groups excluding carboxylic acids is 2. The Balaban J connectivity index is 1.47. The zero-order chi connectivity index (χ0) is 21.8. The van der Waals surface area contributed by atoms with Gasteiger partial charge in [0.25, 0.3) is 5.91 Å². The summed E-state index contributed by atoms with van der Waals surface area (Å²) < 4.78 is 32.0. The van der Waals surface area contributed by atoms with Crippen LogP contribution in [0.3, 0.4) is 0 Å². The average Bonchev–Trinajstić information content (AvgIpc) is 2.81. The van der Waals surface area contributed by atoms with Crippen molar-refractivity contribution in [2.75, 3.05) is 36.6 Å². The maximum Gasteiger partial charge on any atom is 0.271 e. The second-order valence-corrected chi connectivity index (χ2v) is 9.02. The molecule has 1 N–H and O–H groups in total. The molecule has 162 valence electrons. The van der Waals surface area contributed by atoms with Gasteiger partial charge in [0, 0.05) is 31.6 Å². The molecule has 2 amide bonds. The molecule has 0 atom stereocenters. The maximum atomic E-state index is 12.7. The molecule has 2 aromatic carbocycles. The number of rotatable bonds is 5. The van der Waals surface area contributed by atoms with Gasteiger partial charge in [-0.05, 0) is 36.4 Å². The van der Waals surface area contributed by atoms with Crippen molar-refractivity contribution in [3.8, 4) is 0 Å². The Hall–Kier alpha value is -3.08. The van der Waals surface area contributed by atoms with Gasteiger partial charge in [-0.2, -0.15) is 9.41 Å². The lowest BCUT2D eigenvalue weighted by Crippen LogP contribution is -2.40. The van der Waals surface area contributed by atoms with Crippen LogP contribution in [0.1, 0.15) is 12.8 Å². The Labute approximate surface area is 180 Å². The van der Waals surface area contributed by atoms with E-state index in [1.54, 1.807) is 24.3 Å². The van der Waals surface area contributed by atoms with Gasteiger partial charge in [0.05, 0.1) is 23.8 Å². The number of hydrogen-bond acceptors (Lipinski definition) is 6. The zero-order valence-electron chi connectivity index (χ0n) is 16.7. The van der Waals surface area contributed by atoms with Crippen LogP contribution in [0.4, 0.5) is 11.4 Å². The van der Waals surface area contributed by atoms with Crippen LogP contribution in [0.25, 0.3) is 0 Å². The number of nitrogens with one attached hydrogen (secondary N) is 1. The van der Waals surface area contributed by atoms with Crippen molar-refractivity contribution in [2.45, 2.75) is 17.7 Å². The summed E-state index contributed by atoms with van der Waals surface area (Å²) in [6, 6.07) is 14.9. The molecule has 0 spiro atoms. The van der Waals surface area contributed by atoms with Crippen LogP contribution in [0.5, 0.6) is 0 Å². The third-order valence-corrected chi connectivity index (χ3v) is 6.93. The lowest BCUT2D eigenvalue weighted by molar-refractivity contribution is -0.118. The van der Waals surface area contributed by atoms with Gasteiger partial charge in [0.2, 0.25) is 15.9 Å². The second kappa shape index (κ2) is 8.96. The Morgan fingerprint density at radius 3 is 2.32 bits per heavy atom. The summed E-state index contributed by atoms with van der Waals surface area (Å²) in [4.78, 5) is 25.0. The van der Waals surface area contributed by atoms with Crippen LogP contribution in [-0.4, -0.2) is 56.6 Å². The Morgan fingerprint density at radius 1 is 0.968 bits per heavy atom. The lowest BCUT2D eigenvalue weighted by atomic mass is 10.1. The zero-order valence-corrected chi connectivity index (χ0v) is 17.5. The van der Waals surface area contributed by atoms with Gasteiger partial charge in [-0.3, -0.25) is 9.59 Å². The molecule has 0 bridgehead atoms. The number of morpholine rings is 1. The van der Waals surface area contributed by atoms with Crippen molar-refractivity contribution >= 4 is 38.9 Å². The molecular formula is C21H22N4O5S. The molecule has 2 aliphatic heterocycles. The minimum Gasteiger partial charge on any atom is -0.379 e. The van der Waals surface area contributed by atoms with Crippen LogP contribution in [-0.2, 0) is 24.3 Å². The molecule has 0 saturated carbocycles. The van der Waals surface area contributed by atoms with E-state index in [1.807, 2.05) is 6.07 Å². The highest BCUT2D eigenvalue weighted by Crippen LogP contribution is 2.22. The minimum atomic E-state index is -3.60. The number of amides is 2. The molecule has 0 unspecified atom stereocenters. The molecular weight excluding hydrogens is 420 g/mol. The van der Waals surface area contributed by atoms with Crippen LogP contribution < -0.4 is 10.3 Å². The topological polar surface area (TPSA) is 108 Å². The number of carbonyl (C=O) groups is 2. The molecule has 0 aromatic heterocycles. The van der Waals surface area contributed by atoms with Gasteiger partial charge in [0.1, 0.15) is 5.71 Å². The highest BCUT2D eigenvalue weighted by Gasteiger charge is 2.27. The number of sulfonamides is 1. The molecule has 2 aliphatic rings. The number of ether oxygens (including phenoxy) is 1. The van der Waals surface area contributed by atoms with E-state index >= 15 is 0 Å². The van der Waals surface area contributed by atoms with Crippen LogP contribution in [0.15, 0.2) is 64.6 Å². The van der Waals surface area contributed by atoms with Gasteiger partial charge in [0.15, 0.2) is 0 Å². The summed E-state index contributed by atoms with van der Waals surface area (Å²) in [5.41, 5.74) is 1.26. The van der Waals surface area contributed by atoms with Crippen molar-refractivity contribution in [2.24, 2.45) is 5.10 Å². The van der Waals surface area contributed by atoms with Gasteiger partial charge < -0.3 is 10.1 Å².